The minimum absolute atomic E-state index is 0.506. The molecule has 4 nitrogen and oxygen atoms in total. The van der Waals surface area contributed by atoms with Crippen LogP contribution in [0.3, 0.4) is 0 Å². The fourth-order valence-corrected chi connectivity index (χ4v) is 1.55. The van der Waals surface area contributed by atoms with Crippen molar-refractivity contribution in [1.29, 1.82) is 0 Å². The molecule has 0 bridgehead atoms. The molecule has 1 aromatic carbocycles. The van der Waals surface area contributed by atoms with Gasteiger partial charge in [-0.1, -0.05) is 36.2 Å². The molecule has 114 valence electrons. The topological polar surface area (TPSA) is 47.6 Å². The van der Waals surface area contributed by atoms with Gasteiger partial charge in [0, 0.05) is 4.47 Å². The summed E-state index contributed by atoms with van der Waals surface area (Å²) in [5.74, 6) is 0.582. The lowest BCUT2D eigenvalue weighted by Crippen LogP contribution is -2.27. The van der Waals surface area contributed by atoms with E-state index in [-0.39, 0.29) is 0 Å². The van der Waals surface area contributed by atoms with E-state index >= 15 is 0 Å². The molecule has 0 radical (unpaired) electrons. The molecule has 0 aliphatic heterocycles. The van der Waals surface area contributed by atoms with Crippen LogP contribution in [0.15, 0.2) is 22.7 Å². The Bertz CT molecular complexity index is 428. The van der Waals surface area contributed by atoms with E-state index in [4.69, 9.17) is 9.47 Å². The summed E-state index contributed by atoms with van der Waals surface area (Å²) in [6.07, 6.45) is 0.744. The Labute approximate surface area is 130 Å². The number of hydrogen-bond donors (Lipinski definition) is 1. The molecule has 5 heteroatoms. The van der Waals surface area contributed by atoms with Crippen molar-refractivity contribution in [3.8, 4) is 5.75 Å². The molecule has 0 aliphatic carbocycles. The lowest BCUT2D eigenvalue weighted by atomic mass is 10.2. The molecule has 0 spiro atoms. The van der Waals surface area contributed by atoms with Crippen LogP contribution in [0.1, 0.15) is 41.0 Å². The summed E-state index contributed by atoms with van der Waals surface area (Å²) < 4.78 is 11.2. The molecular formula is C15H24BrNO3. The monoisotopic (exact) mass is 345 g/mol. The van der Waals surface area contributed by atoms with Gasteiger partial charge in [-0.05, 0) is 39.0 Å². The van der Waals surface area contributed by atoms with E-state index in [1.807, 2.05) is 26.8 Å². The summed E-state index contributed by atoms with van der Waals surface area (Å²) in [7, 11) is 1.55. The fraction of sp³-hybridized carbons (Fsp3) is 0.533. The number of carbonyl (C=O) groups is 1. The Kier molecular flexibility index (Phi) is 8.30. The van der Waals surface area contributed by atoms with E-state index in [9.17, 15) is 4.79 Å². The number of amides is 1. The molecular weight excluding hydrogens is 322 g/mol. The predicted molar refractivity (Wildman–Crippen MR) is 86.5 cm³/mol. The molecule has 1 N–H and O–H groups in total. The number of nitrogens with one attached hydrogen (secondary N) is 1. The summed E-state index contributed by atoms with van der Waals surface area (Å²) in [5.41, 5.74) is 0.0414. The second-order valence-electron chi connectivity index (χ2n) is 5.18. The first-order valence-electron chi connectivity index (χ1n) is 6.57. The molecule has 20 heavy (non-hydrogen) atoms. The maximum absolute atomic E-state index is 11.6. The number of methoxy groups -OCH3 is 1. The molecule has 0 atom stereocenters. The Morgan fingerprint density at radius 3 is 2.30 bits per heavy atom. The van der Waals surface area contributed by atoms with Gasteiger partial charge in [-0.3, -0.25) is 5.32 Å². The Balaban J connectivity index is 0.00000110. The predicted octanol–water partition coefficient (Wildman–Crippen LogP) is 5.22. The summed E-state index contributed by atoms with van der Waals surface area (Å²) >= 11 is 3.33. The Hall–Kier alpha value is -1.23. The standard InChI is InChI=1S/C12H16BrNO3.C3H8/c1-12(2,3)17-11(15)14-9-7-8(13)5-6-10(9)16-4;1-3-2/h5-7H,1-4H3,(H,14,15);3H2,1-2H3. The zero-order valence-electron chi connectivity index (χ0n) is 13.0. The van der Waals surface area contributed by atoms with Crippen molar-refractivity contribution in [1.82, 2.24) is 0 Å². The number of benzene rings is 1. The second kappa shape index (κ2) is 8.84. The van der Waals surface area contributed by atoms with Crippen LogP contribution in [0, 0.1) is 0 Å². The van der Waals surface area contributed by atoms with Crippen molar-refractivity contribution < 1.29 is 14.3 Å². The third kappa shape index (κ3) is 8.04. The van der Waals surface area contributed by atoms with Crippen LogP contribution in [0.4, 0.5) is 10.5 Å². The molecule has 0 heterocycles. The fourth-order valence-electron chi connectivity index (χ4n) is 1.19. The van der Waals surface area contributed by atoms with Gasteiger partial charge in [-0.2, -0.15) is 0 Å². The molecule has 0 aliphatic rings. The van der Waals surface area contributed by atoms with Crippen molar-refractivity contribution in [2.45, 2.75) is 46.6 Å². The number of halogens is 1. The second-order valence-corrected chi connectivity index (χ2v) is 6.09. The lowest BCUT2D eigenvalue weighted by molar-refractivity contribution is 0.0635. The Morgan fingerprint density at radius 1 is 1.30 bits per heavy atom. The van der Waals surface area contributed by atoms with Crippen molar-refractivity contribution in [2.75, 3.05) is 12.4 Å². The van der Waals surface area contributed by atoms with Gasteiger partial charge < -0.3 is 9.47 Å². The number of hydrogen-bond acceptors (Lipinski definition) is 3. The smallest absolute Gasteiger partial charge is 0.412 e. The zero-order valence-corrected chi connectivity index (χ0v) is 14.6. The normalized spacial score (nSPS) is 10.2. The highest BCUT2D eigenvalue weighted by Crippen LogP contribution is 2.28. The average Bonchev–Trinajstić information content (AvgIpc) is 2.27. The average molecular weight is 346 g/mol. The summed E-state index contributed by atoms with van der Waals surface area (Å²) in [6.45, 7) is 9.68. The van der Waals surface area contributed by atoms with E-state index in [2.05, 4.69) is 35.1 Å². The van der Waals surface area contributed by atoms with Crippen LogP contribution in [0.5, 0.6) is 5.75 Å². The molecule has 1 amide bonds. The van der Waals surface area contributed by atoms with Crippen LogP contribution >= 0.6 is 15.9 Å². The molecule has 0 aromatic heterocycles. The van der Waals surface area contributed by atoms with Gasteiger partial charge in [0.05, 0.1) is 12.8 Å². The number of anilines is 1. The first kappa shape index (κ1) is 18.8. The molecule has 1 rings (SSSR count). The van der Waals surface area contributed by atoms with Crippen LogP contribution in [-0.2, 0) is 4.74 Å². The summed E-state index contributed by atoms with van der Waals surface area (Å²) in [4.78, 5) is 11.6. The molecule has 0 saturated heterocycles. The third-order valence-electron chi connectivity index (χ3n) is 1.80. The van der Waals surface area contributed by atoms with Crippen LogP contribution in [0.2, 0.25) is 0 Å². The lowest BCUT2D eigenvalue weighted by Gasteiger charge is -2.20. The van der Waals surface area contributed by atoms with E-state index in [1.54, 1.807) is 19.2 Å². The van der Waals surface area contributed by atoms with E-state index < -0.39 is 11.7 Å². The van der Waals surface area contributed by atoms with Crippen LogP contribution in [-0.4, -0.2) is 18.8 Å². The highest BCUT2D eigenvalue weighted by atomic mass is 79.9. The van der Waals surface area contributed by atoms with Gasteiger partial charge in [0.25, 0.3) is 0 Å². The molecule has 0 unspecified atom stereocenters. The quantitative estimate of drug-likeness (QED) is 0.798. The van der Waals surface area contributed by atoms with Crippen LogP contribution in [0.25, 0.3) is 0 Å². The van der Waals surface area contributed by atoms with Gasteiger partial charge in [0.15, 0.2) is 0 Å². The first-order valence-corrected chi connectivity index (χ1v) is 7.36. The van der Waals surface area contributed by atoms with Crippen LogP contribution < -0.4 is 10.1 Å². The van der Waals surface area contributed by atoms with E-state index in [0.717, 1.165) is 4.47 Å². The highest BCUT2D eigenvalue weighted by Gasteiger charge is 2.17. The molecule has 1 aromatic rings. The highest BCUT2D eigenvalue weighted by molar-refractivity contribution is 9.10. The third-order valence-corrected chi connectivity index (χ3v) is 2.29. The van der Waals surface area contributed by atoms with E-state index in [1.165, 1.54) is 6.42 Å². The van der Waals surface area contributed by atoms with Gasteiger partial charge in [-0.15, -0.1) is 0 Å². The van der Waals surface area contributed by atoms with Gasteiger partial charge in [0.1, 0.15) is 11.4 Å². The minimum atomic E-state index is -0.524. The van der Waals surface area contributed by atoms with Crippen molar-refractivity contribution >= 4 is 27.7 Å². The number of carbonyl (C=O) groups excluding carboxylic acids is 1. The number of ether oxygens (including phenoxy) is 2. The van der Waals surface area contributed by atoms with Gasteiger partial charge in [0.2, 0.25) is 0 Å². The first-order chi connectivity index (χ1) is 9.23. The largest absolute Gasteiger partial charge is 0.495 e. The van der Waals surface area contributed by atoms with Crippen molar-refractivity contribution in [3.63, 3.8) is 0 Å². The maximum atomic E-state index is 11.6. The summed E-state index contributed by atoms with van der Waals surface area (Å²) in [6, 6.07) is 5.35. The molecule has 0 fully saturated rings. The maximum Gasteiger partial charge on any atom is 0.412 e. The van der Waals surface area contributed by atoms with Crippen molar-refractivity contribution in [3.05, 3.63) is 22.7 Å². The van der Waals surface area contributed by atoms with Crippen molar-refractivity contribution in [2.24, 2.45) is 0 Å². The van der Waals surface area contributed by atoms with Gasteiger partial charge >= 0.3 is 6.09 Å². The molecule has 0 saturated carbocycles. The zero-order chi connectivity index (χ0) is 15.8. The van der Waals surface area contributed by atoms with E-state index in [0.29, 0.717) is 11.4 Å². The SMILES string of the molecule is CCC.COc1ccc(Br)cc1NC(=O)OC(C)(C)C. The minimum Gasteiger partial charge on any atom is -0.495 e. The van der Waals surface area contributed by atoms with Gasteiger partial charge in [-0.25, -0.2) is 4.79 Å². The summed E-state index contributed by atoms with van der Waals surface area (Å²) in [5, 5.41) is 2.64. The number of rotatable bonds is 2. The Morgan fingerprint density at radius 2 is 1.85 bits per heavy atom.